The fraction of sp³-hybridized carbons (Fsp3) is 0.541. The van der Waals surface area contributed by atoms with E-state index in [1.165, 1.54) is 42.5 Å². The SMILES string of the molecule is CC(C)(C)OC(=O)C[C@H](CI)N[B]C=O.Cc1ccc(O)cc1C[C@@H](CC(=O)OC(C)(C)C)N[B]C=O.Cc1ccc(O)cc1I.Cc1ccc(OC(=O)N(CCCl)CCCl)cc1C[C@@H](CC(=O)OC(C)(C)C)N[B]C=O.Cc1ccc(OC(=O)N(CCCl)CCCl)cc1C[C@H](N)CC(=O)O.O=C(Cl)N(CCCl)CCCl. The number of esters is 3. The third kappa shape index (κ3) is 55.2. The highest BCUT2D eigenvalue weighted by Gasteiger charge is 2.26. The van der Waals surface area contributed by atoms with Gasteiger partial charge in [-0.15, -0.1) is 69.6 Å². The van der Waals surface area contributed by atoms with Gasteiger partial charge in [0.25, 0.3) is 22.2 Å². The number of nitrogens with two attached hydrogens (primary N) is 1. The maximum atomic E-state index is 12.4. The Hall–Kier alpha value is -5.10. The summed E-state index contributed by atoms with van der Waals surface area (Å²) in [7, 11) is 3.82. The van der Waals surface area contributed by atoms with Crippen LogP contribution in [0.2, 0.25) is 0 Å². The van der Waals surface area contributed by atoms with Crippen molar-refractivity contribution >= 4 is 209 Å². The van der Waals surface area contributed by atoms with Crippen molar-refractivity contribution in [1.29, 1.82) is 0 Å². The monoisotopic (exact) mass is 1910 g/mol. The molecule has 3 radical (unpaired) electrons. The molecule has 0 fully saturated rings. The molecule has 617 valence electrons. The summed E-state index contributed by atoms with van der Waals surface area (Å²) in [5.74, 6) is 1.25. The number of carbonyl (C=O) groups is 10. The summed E-state index contributed by atoms with van der Waals surface area (Å²) in [6, 6.07) is 19.7. The van der Waals surface area contributed by atoms with Crippen LogP contribution >= 0.6 is 126 Å². The van der Waals surface area contributed by atoms with E-state index >= 15 is 0 Å². The van der Waals surface area contributed by atoms with Gasteiger partial charge in [0.2, 0.25) is 0 Å². The van der Waals surface area contributed by atoms with E-state index in [-0.39, 0.29) is 91.0 Å². The topological polar surface area (TPSA) is 349 Å². The number of hydrogen-bond acceptors (Lipinski definition) is 21. The number of halogens is 9. The number of aromatic hydroxyl groups is 2. The van der Waals surface area contributed by atoms with Gasteiger partial charge >= 0.3 is 41.4 Å². The maximum absolute atomic E-state index is 12.4. The molecule has 0 aliphatic carbocycles. The van der Waals surface area contributed by atoms with Crippen molar-refractivity contribution in [3.8, 4) is 23.0 Å². The minimum atomic E-state index is -0.944. The fourth-order valence-electron chi connectivity index (χ4n) is 9.07. The summed E-state index contributed by atoms with van der Waals surface area (Å²) in [6.07, 6.45) is 2.53. The van der Waals surface area contributed by atoms with Gasteiger partial charge < -0.3 is 89.5 Å². The number of hydrogen-bond donors (Lipinski definition) is 7. The largest absolute Gasteiger partial charge is 0.508 e. The Morgan fingerprint density at radius 2 is 0.784 bits per heavy atom. The zero-order valence-electron chi connectivity index (χ0n) is 65.1. The number of nitrogens with zero attached hydrogens (tertiary/aromatic N) is 3. The molecule has 4 aromatic carbocycles. The van der Waals surface area contributed by atoms with E-state index in [1.807, 2.05) is 87.4 Å². The number of carboxylic acids is 1. The summed E-state index contributed by atoms with van der Waals surface area (Å²) in [6.45, 7) is 26.3. The molecule has 0 saturated carbocycles. The van der Waals surface area contributed by atoms with Crippen molar-refractivity contribution in [3.63, 3.8) is 0 Å². The quantitative estimate of drug-likeness (QED) is 0.00320. The standard InChI is InChI=1S/C21H30BCl2N2O5.C16H23BNO4.C16H22Cl2N2O4.C9H16BINO3.C7H7IO.C5H8Cl3NO/c1-15-5-6-18(30-20(29)26(9-7-23)10-8-24)12-16(15)11-17(25-22-14-27)13-19(28)31-21(2,3)4;1-11-5-6-14(20)8-12(11)7-13(18-17-10-19)9-15(21)22-16(2,3)4;1-11-2-3-14(9-12(11)8-13(19)10-15(21)22)24-16(23)20(6-4-17)7-5-18;1-9(2,3)15-8(14)4-7(5-11)12-10-6-13;1-5-2-3-6(9)4-7(5)8;6-1-3-9(4-2-7)5(8)10/h5-6,12,14,17,25H,7-11,13H2,1-4H3;5-6,8,10,13,18,20H,7,9H2,1-4H3;2-3,9,13H,4-8,10,19H2,1H3,(H,21,22);6-7,12H,4-5H2,1-3H3;2-4,9H,1H3;1-4H2/t17-;2*13-;7-;;/m0001../s1. The Morgan fingerprint density at radius 3 is 1.09 bits per heavy atom. The van der Waals surface area contributed by atoms with E-state index < -0.39 is 46.4 Å². The van der Waals surface area contributed by atoms with E-state index in [1.54, 1.807) is 75.4 Å². The minimum Gasteiger partial charge on any atom is -0.508 e. The van der Waals surface area contributed by atoms with Gasteiger partial charge in [0.05, 0.1) is 44.2 Å². The number of amides is 3. The van der Waals surface area contributed by atoms with Crippen LogP contribution in [0.15, 0.2) is 72.8 Å². The molecule has 4 rings (SSSR count). The van der Waals surface area contributed by atoms with E-state index in [4.69, 9.17) is 121 Å². The Balaban J connectivity index is 0. The summed E-state index contributed by atoms with van der Waals surface area (Å²) < 4.78 is 28.5. The van der Waals surface area contributed by atoms with Crippen LogP contribution in [0.5, 0.6) is 23.0 Å². The Morgan fingerprint density at radius 1 is 0.477 bits per heavy atom. The summed E-state index contributed by atoms with van der Waals surface area (Å²) in [5.41, 5.74) is 11.0. The van der Waals surface area contributed by atoms with E-state index in [9.17, 15) is 53.1 Å². The number of phenolic OH excluding ortho intramolecular Hbond substituents is 2. The number of alkyl halides is 7. The lowest BCUT2D eigenvalue weighted by Crippen LogP contribution is -2.38. The fourth-order valence-corrected chi connectivity index (χ4v) is 11.5. The van der Waals surface area contributed by atoms with Gasteiger partial charge in [-0.3, -0.25) is 24.0 Å². The maximum Gasteiger partial charge on any atom is 0.415 e. The summed E-state index contributed by atoms with van der Waals surface area (Å²) in [4.78, 5) is 117. The molecule has 37 heteroatoms. The molecule has 0 heterocycles. The molecule has 25 nitrogen and oxygen atoms in total. The molecule has 4 aromatic rings. The Labute approximate surface area is 718 Å². The zero-order chi connectivity index (χ0) is 85.0. The molecular formula is C74H106B3Cl7I2N7O18. The molecule has 8 N–H and O–H groups in total. The first kappa shape index (κ1) is 108. The van der Waals surface area contributed by atoms with Crippen LogP contribution in [0.4, 0.5) is 14.4 Å². The Kier molecular flexibility index (Phi) is 58.8. The average Bonchev–Trinajstić information content (AvgIpc) is 0.858. The molecule has 0 unspecified atom stereocenters. The van der Waals surface area contributed by atoms with E-state index in [0.717, 1.165) is 41.4 Å². The highest BCUT2D eigenvalue weighted by Crippen LogP contribution is 2.25. The first-order valence-corrected chi connectivity index (χ1v) is 41.1. The van der Waals surface area contributed by atoms with E-state index in [0.29, 0.717) is 106 Å². The molecule has 4 atom stereocenters. The average molecular weight is 1920 g/mol. The molecule has 0 aromatic heterocycles. The van der Waals surface area contributed by atoms with Crippen LogP contribution in [0, 0.1) is 31.3 Å². The molecule has 3 amide bonds. The third-order valence-electron chi connectivity index (χ3n) is 14.2. The smallest absolute Gasteiger partial charge is 0.415 e. The van der Waals surface area contributed by atoms with Gasteiger partial charge in [-0.25, -0.2) is 9.59 Å². The summed E-state index contributed by atoms with van der Waals surface area (Å²) >= 11 is 43.1. The zero-order valence-corrected chi connectivity index (χ0v) is 74.7. The highest BCUT2D eigenvalue weighted by molar-refractivity contribution is 14.1. The second kappa shape index (κ2) is 60.4. The van der Waals surface area contributed by atoms with Gasteiger partial charge in [-0.1, -0.05) is 46.9 Å². The van der Waals surface area contributed by atoms with Crippen LogP contribution in [0.25, 0.3) is 0 Å². The third-order valence-corrected chi connectivity index (χ3v) is 17.6. The van der Waals surface area contributed by atoms with Crippen molar-refractivity contribution in [2.45, 2.75) is 176 Å². The number of carbonyl (C=O) groups excluding carboxylic acids is 9. The normalized spacial score (nSPS) is 11.8. The second-order valence-electron chi connectivity index (χ2n) is 27.3. The van der Waals surface area contributed by atoms with Crippen molar-refractivity contribution in [1.82, 2.24) is 30.4 Å². The summed E-state index contributed by atoms with van der Waals surface area (Å²) in [5, 5.41) is 35.5. The highest BCUT2D eigenvalue weighted by atomic mass is 127. The minimum absolute atomic E-state index is 0.0503. The van der Waals surface area contributed by atoms with Crippen molar-refractivity contribution < 1.29 is 86.9 Å². The number of nitrogens with one attached hydrogen (secondary N) is 3. The molecule has 111 heavy (non-hydrogen) atoms. The van der Waals surface area contributed by atoms with Crippen LogP contribution in [-0.4, -0.2) is 232 Å². The van der Waals surface area contributed by atoms with Crippen molar-refractivity contribution in [3.05, 3.63) is 115 Å². The predicted molar refractivity (Wildman–Crippen MR) is 463 cm³/mol. The number of benzene rings is 4. The number of carboxylic acid groups (broad SMARTS) is 1. The Bertz CT molecular complexity index is 3450. The van der Waals surface area contributed by atoms with Crippen LogP contribution < -0.4 is 30.9 Å². The van der Waals surface area contributed by atoms with Crippen LogP contribution in [-0.2, 0) is 67.0 Å². The molecule has 0 aliphatic rings. The number of aryl methyl sites for hydroxylation is 4. The first-order chi connectivity index (χ1) is 52.0. The van der Waals surface area contributed by atoms with Crippen molar-refractivity contribution in [2.24, 2.45) is 5.73 Å². The van der Waals surface area contributed by atoms with E-state index in [2.05, 4.69) is 60.9 Å². The van der Waals surface area contributed by atoms with Crippen molar-refractivity contribution in [2.75, 3.05) is 79.0 Å². The first-order valence-electron chi connectivity index (χ1n) is 34.9. The molecule has 0 aliphatic heterocycles. The van der Waals surface area contributed by atoms with Gasteiger partial charge in [-0.2, -0.15) is 0 Å². The van der Waals surface area contributed by atoms with Crippen LogP contribution in [0.3, 0.4) is 0 Å². The van der Waals surface area contributed by atoms with Gasteiger partial charge in [-0.05, 0) is 231 Å². The van der Waals surface area contributed by atoms with Gasteiger partial charge in [0.1, 0.15) is 39.8 Å². The molecule has 0 saturated heterocycles. The lowest BCUT2D eigenvalue weighted by atomic mass is 9.91. The number of ether oxygens (including phenoxy) is 5. The second-order valence-corrected chi connectivity index (χ2v) is 31.9. The molecule has 0 spiro atoms. The van der Waals surface area contributed by atoms with Gasteiger partial charge in [0.15, 0.2) is 0 Å². The molecule has 0 bridgehead atoms. The number of phenols is 2. The van der Waals surface area contributed by atoms with Gasteiger partial charge in [0, 0.05) is 107 Å². The lowest BCUT2D eigenvalue weighted by molar-refractivity contribution is -0.156. The predicted octanol–water partition coefficient (Wildman–Crippen LogP) is 13.0. The lowest BCUT2D eigenvalue weighted by Gasteiger charge is -2.23. The van der Waals surface area contributed by atoms with Crippen LogP contribution in [0.1, 0.15) is 127 Å². The number of rotatable bonds is 38. The molecular weight excluding hydrogens is 1810 g/mol. The number of aliphatic carboxylic acids is 1.